The van der Waals surface area contributed by atoms with E-state index in [9.17, 15) is 0 Å². The van der Waals surface area contributed by atoms with E-state index in [4.69, 9.17) is 10.2 Å². The Hall–Kier alpha value is -1.35. The quantitative estimate of drug-likeness (QED) is 0.807. The summed E-state index contributed by atoms with van der Waals surface area (Å²) in [6.07, 6.45) is 0.962. The summed E-state index contributed by atoms with van der Waals surface area (Å²) in [7, 11) is 0. The molecule has 0 radical (unpaired) electrons. The molecule has 3 nitrogen and oxygen atoms in total. The Kier molecular flexibility index (Phi) is 2.50. The van der Waals surface area contributed by atoms with Gasteiger partial charge < -0.3 is 10.2 Å². The second-order valence-corrected chi connectivity index (χ2v) is 3.36. The van der Waals surface area contributed by atoms with Crippen LogP contribution in [0.3, 0.4) is 0 Å². The minimum atomic E-state index is 0.238. The van der Waals surface area contributed by atoms with Crippen LogP contribution < -0.4 is 5.73 Å². The molecule has 0 amide bonds. The van der Waals surface area contributed by atoms with E-state index in [0.29, 0.717) is 6.54 Å². The molecule has 2 rings (SSSR count). The maximum Gasteiger partial charge on any atom is 0.199 e. The summed E-state index contributed by atoms with van der Waals surface area (Å²) in [5.41, 5.74) is 7.39. The molecule has 1 atom stereocenters. The molecule has 1 unspecified atom stereocenters. The van der Waals surface area contributed by atoms with Crippen molar-refractivity contribution in [3.05, 3.63) is 30.2 Å². The van der Waals surface area contributed by atoms with E-state index in [1.54, 1.807) is 0 Å². The summed E-state index contributed by atoms with van der Waals surface area (Å²) in [4.78, 5) is 4.41. The topological polar surface area (TPSA) is 52.0 Å². The highest BCUT2D eigenvalue weighted by molar-refractivity contribution is 5.72. The largest absolute Gasteiger partial charge is 0.440 e. The van der Waals surface area contributed by atoms with E-state index < -0.39 is 0 Å². The van der Waals surface area contributed by atoms with Crippen molar-refractivity contribution < 1.29 is 4.42 Å². The van der Waals surface area contributed by atoms with Crippen LogP contribution in [0, 0.1) is 0 Å². The molecule has 1 aromatic carbocycles. The van der Waals surface area contributed by atoms with E-state index in [1.165, 1.54) is 0 Å². The van der Waals surface area contributed by atoms with Gasteiger partial charge in [0.1, 0.15) is 5.52 Å². The minimum Gasteiger partial charge on any atom is -0.440 e. The fraction of sp³-hybridized carbons (Fsp3) is 0.364. The molecule has 0 saturated heterocycles. The average molecular weight is 190 g/mol. The van der Waals surface area contributed by atoms with Crippen molar-refractivity contribution in [1.82, 2.24) is 4.98 Å². The van der Waals surface area contributed by atoms with Gasteiger partial charge in [0.15, 0.2) is 11.5 Å². The van der Waals surface area contributed by atoms with Gasteiger partial charge in [0.05, 0.1) is 0 Å². The van der Waals surface area contributed by atoms with E-state index in [2.05, 4.69) is 11.9 Å². The van der Waals surface area contributed by atoms with Crippen LogP contribution >= 0.6 is 0 Å². The first-order valence-corrected chi connectivity index (χ1v) is 4.90. The number of aromatic nitrogens is 1. The molecule has 0 fully saturated rings. The van der Waals surface area contributed by atoms with Crippen molar-refractivity contribution in [1.29, 1.82) is 0 Å². The number of oxazole rings is 1. The molecule has 74 valence electrons. The Morgan fingerprint density at radius 1 is 1.43 bits per heavy atom. The van der Waals surface area contributed by atoms with Crippen LogP contribution in [0.2, 0.25) is 0 Å². The smallest absolute Gasteiger partial charge is 0.199 e. The Morgan fingerprint density at radius 2 is 2.21 bits per heavy atom. The minimum absolute atomic E-state index is 0.238. The molecular formula is C11H14N2O. The molecule has 1 aromatic heterocycles. The maximum atomic E-state index is 5.64. The van der Waals surface area contributed by atoms with Gasteiger partial charge in [-0.3, -0.25) is 0 Å². The fourth-order valence-corrected chi connectivity index (χ4v) is 1.51. The van der Waals surface area contributed by atoms with E-state index in [1.807, 2.05) is 24.3 Å². The summed E-state index contributed by atoms with van der Waals surface area (Å²) < 4.78 is 5.62. The maximum absolute atomic E-state index is 5.64. The molecule has 0 bridgehead atoms. The third kappa shape index (κ3) is 1.51. The van der Waals surface area contributed by atoms with Crippen molar-refractivity contribution >= 4 is 11.1 Å². The summed E-state index contributed by atoms with van der Waals surface area (Å²) in [6.45, 7) is 2.68. The molecule has 1 heterocycles. The molecule has 0 aliphatic rings. The van der Waals surface area contributed by atoms with Crippen molar-refractivity contribution in [2.75, 3.05) is 6.54 Å². The number of rotatable bonds is 3. The van der Waals surface area contributed by atoms with E-state index in [-0.39, 0.29) is 5.92 Å². The van der Waals surface area contributed by atoms with E-state index >= 15 is 0 Å². The van der Waals surface area contributed by atoms with Crippen LogP contribution in [-0.4, -0.2) is 11.5 Å². The SMILES string of the molecule is CCC(CN)c1nc2ccccc2o1. The zero-order valence-electron chi connectivity index (χ0n) is 8.23. The number of para-hydroxylation sites is 2. The van der Waals surface area contributed by atoms with Crippen LogP contribution in [0.1, 0.15) is 25.2 Å². The van der Waals surface area contributed by atoms with Gasteiger partial charge in [0, 0.05) is 12.5 Å². The standard InChI is InChI=1S/C11H14N2O/c1-2-8(7-12)11-13-9-5-3-4-6-10(9)14-11/h3-6,8H,2,7,12H2,1H3. The van der Waals surface area contributed by atoms with Crippen LogP contribution in [0.4, 0.5) is 0 Å². The molecule has 14 heavy (non-hydrogen) atoms. The zero-order chi connectivity index (χ0) is 9.97. The van der Waals surface area contributed by atoms with Gasteiger partial charge in [0.25, 0.3) is 0 Å². The first-order chi connectivity index (χ1) is 6.85. The summed E-state index contributed by atoms with van der Waals surface area (Å²) in [5.74, 6) is 0.999. The van der Waals surface area contributed by atoms with Gasteiger partial charge in [-0.15, -0.1) is 0 Å². The molecule has 0 saturated carbocycles. The van der Waals surface area contributed by atoms with Gasteiger partial charge in [-0.2, -0.15) is 0 Å². The number of fused-ring (bicyclic) bond motifs is 1. The lowest BCUT2D eigenvalue weighted by Crippen LogP contribution is -2.11. The lowest BCUT2D eigenvalue weighted by Gasteiger charge is -2.05. The summed E-state index contributed by atoms with van der Waals surface area (Å²) in [6, 6.07) is 7.78. The monoisotopic (exact) mass is 190 g/mol. The Bertz CT molecular complexity index is 385. The second kappa shape index (κ2) is 3.80. The van der Waals surface area contributed by atoms with Crippen molar-refractivity contribution in [3.63, 3.8) is 0 Å². The number of nitrogens with two attached hydrogens (primary N) is 1. The number of nitrogens with zero attached hydrogens (tertiary/aromatic N) is 1. The lowest BCUT2D eigenvalue weighted by molar-refractivity contribution is 0.465. The lowest BCUT2D eigenvalue weighted by atomic mass is 10.1. The van der Waals surface area contributed by atoms with Crippen LogP contribution in [-0.2, 0) is 0 Å². The molecule has 2 N–H and O–H groups in total. The highest BCUT2D eigenvalue weighted by Crippen LogP contribution is 2.22. The molecule has 2 aromatic rings. The van der Waals surface area contributed by atoms with Crippen LogP contribution in [0.5, 0.6) is 0 Å². The Labute approximate surface area is 82.9 Å². The van der Waals surface area contributed by atoms with Gasteiger partial charge in [-0.05, 0) is 18.6 Å². The number of benzene rings is 1. The normalized spacial score (nSPS) is 13.3. The Morgan fingerprint density at radius 3 is 2.86 bits per heavy atom. The highest BCUT2D eigenvalue weighted by Gasteiger charge is 2.14. The van der Waals surface area contributed by atoms with Crippen LogP contribution in [0.15, 0.2) is 28.7 Å². The van der Waals surface area contributed by atoms with Crippen molar-refractivity contribution in [2.24, 2.45) is 5.73 Å². The molecule has 0 aliphatic carbocycles. The number of hydrogen-bond acceptors (Lipinski definition) is 3. The third-order valence-corrected chi connectivity index (χ3v) is 2.44. The van der Waals surface area contributed by atoms with Gasteiger partial charge in [0.2, 0.25) is 0 Å². The predicted molar refractivity (Wildman–Crippen MR) is 56.1 cm³/mol. The second-order valence-electron chi connectivity index (χ2n) is 3.36. The van der Waals surface area contributed by atoms with Crippen molar-refractivity contribution in [3.8, 4) is 0 Å². The first kappa shape index (κ1) is 9.21. The highest BCUT2D eigenvalue weighted by atomic mass is 16.3. The molecule has 3 heteroatoms. The zero-order valence-corrected chi connectivity index (χ0v) is 8.23. The molecule has 0 aliphatic heterocycles. The van der Waals surface area contributed by atoms with Crippen LogP contribution in [0.25, 0.3) is 11.1 Å². The third-order valence-electron chi connectivity index (χ3n) is 2.44. The van der Waals surface area contributed by atoms with Gasteiger partial charge in [-0.1, -0.05) is 19.1 Å². The average Bonchev–Trinajstić information content (AvgIpc) is 2.63. The molecule has 0 spiro atoms. The Balaban J connectivity index is 2.43. The van der Waals surface area contributed by atoms with Crippen molar-refractivity contribution in [2.45, 2.75) is 19.3 Å². The van der Waals surface area contributed by atoms with E-state index in [0.717, 1.165) is 23.4 Å². The predicted octanol–water partition coefficient (Wildman–Crippen LogP) is 2.28. The van der Waals surface area contributed by atoms with Gasteiger partial charge in [-0.25, -0.2) is 4.98 Å². The fourth-order valence-electron chi connectivity index (χ4n) is 1.51. The summed E-state index contributed by atoms with van der Waals surface area (Å²) >= 11 is 0. The summed E-state index contributed by atoms with van der Waals surface area (Å²) in [5, 5.41) is 0. The first-order valence-electron chi connectivity index (χ1n) is 4.90. The molecular weight excluding hydrogens is 176 g/mol. The van der Waals surface area contributed by atoms with Gasteiger partial charge >= 0.3 is 0 Å². The number of hydrogen-bond donors (Lipinski definition) is 1.